The molecule has 1 aliphatic rings. The van der Waals surface area contributed by atoms with Gasteiger partial charge >= 0.3 is 0 Å². The smallest absolute Gasteiger partial charge is 0.208 e. The fraction of sp³-hybridized carbons (Fsp3) is 0.769. The van der Waals surface area contributed by atoms with Gasteiger partial charge < -0.3 is 9.73 Å². The van der Waals surface area contributed by atoms with E-state index in [2.05, 4.69) is 22.1 Å². The van der Waals surface area contributed by atoms with Gasteiger partial charge in [0.25, 0.3) is 0 Å². The topological polar surface area (TPSA) is 41.3 Å². The Bertz CT molecular complexity index is 337. The molecule has 2 rings (SSSR count). The molecular formula is C13H23N3O. The average Bonchev–Trinajstić information content (AvgIpc) is 2.58. The third-order valence-corrected chi connectivity index (χ3v) is 3.23. The number of nitrogens with one attached hydrogen (secondary N) is 1. The van der Waals surface area contributed by atoms with Crippen molar-refractivity contribution in [3.05, 3.63) is 17.8 Å². The van der Waals surface area contributed by atoms with Crippen molar-refractivity contribution < 1.29 is 4.42 Å². The van der Waals surface area contributed by atoms with Gasteiger partial charge in [-0.15, -0.1) is 0 Å². The maximum absolute atomic E-state index is 5.55. The highest BCUT2D eigenvalue weighted by molar-refractivity contribution is 4.91. The van der Waals surface area contributed by atoms with Crippen LogP contribution in [-0.4, -0.2) is 35.6 Å². The molecule has 1 saturated heterocycles. The Labute approximate surface area is 103 Å². The summed E-state index contributed by atoms with van der Waals surface area (Å²) in [7, 11) is 0. The molecule has 17 heavy (non-hydrogen) atoms. The van der Waals surface area contributed by atoms with Crippen LogP contribution in [0, 0.1) is 6.92 Å². The van der Waals surface area contributed by atoms with Crippen LogP contribution < -0.4 is 5.32 Å². The van der Waals surface area contributed by atoms with Crippen LogP contribution in [0.4, 0.5) is 0 Å². The third-order valence-electron chi connectivity index (χ3n) is 3.23. The van der Waals surface area contributed by atoms with Crippen molar-refractivity contribution in [2.75, 3.05) is 19.6 Å². The molecule has 1 fully saturated rings. The number of hydrogen-bond acceptors (Lipinski definition) is 4. The zero-order chi connectivity index (χ0) is 12.1. The second kappa shape index (κ2) is 6.17. The Morgan fingerprint density at radius 1 is 1.59 bits per heavy atom. The lowest BCUT2D eigenvalue weighted by Gasteiger charge is -2.22. The van der Waals surface area contributed by atoms with Gasteiger partial charge in [0.1, 0.15) is 5.76 Å². The molecular weight excluding hydrogens is 214 g/mol. The van der Waals surface area contributed by atoms with E-state index in [0.717, 1.165) is 37.8 Å². The van der Waals surface area contributed by atoms with Crippen LogP contribution in [0.25, 0.3) is 0 Å². The standard InChI is InChI=1S/C13H23N3O/c1-3-5-12-9-16(7-4-6-14-12)10-13-15-8-11(2)17-13/h8,12,14H,3-7,9-10H2,1-2H3. The fourth-order valence-corrected chi connectivity index (χ4v) is 2.43. The minimum atomic E-state index is 0.624. The molecule has 2 heterocycles. The second-order valence-electron chi connectivity index (χ2n) is 4.89. The van der Waals surface area contributed by atoms with Crippen LogP contribution in [-0.2, 0) is 6.54 Å². The highest BCUT2D eigenvalue weighted by atomic mass is 16.4. The molecule has 1 N–H and O–H groups in total. The molecule has 4 heteroatoms. The minimum Gasteiger partial charge on any atom is -0.445 e. The van der Waals surface area contributed by atoms with Crippen LogP contribution >= 0.6 is 0 Å². The summed E-state index contributed by atoms with van der Waals surface area (Å²) >= 11 is 0. The molecule has 4 nitrogen and oxygen atoms in total. The summed E-state index contributed by atoms with van der Waals surface area (Å²) in [4.78, 5) is 6.73. The molecule has 0 spiro atoms. The number of rotatable bonds is 4. The van der Waals surface area contributed by atoms with Gasteiger partial charge in [0.15, 0.2) is 0 Å². The predicted molar refractivity (Wildman–Crippen MR) is 67.8 cm³/mol. The molecule has 1 unspecified atom stereocenters. The van der Waals surface area contributed by atoms with Crippen LogP contribution in [0.1, 0.15) is 37.8 Å². The summed E-state index contributed by atoms with van der Waals surface area (Å²) in [5.74, 6) is 1.75. The van der Waals surface area contributed by atoms with E-state index in [1.807, 2.05) is 6.92 Å². The van der Waals surface area contributed by atoms with Gasteiger partial charge in [0.05, 0.1) is 12.7 Å². The van der Waals surface area contributed by atoms with E-state index in [4.69, 9.17) is 4.42 Å². The summed E-state index contributed by atoms with van der Waals surface area (Å²) in [6.45, 7) is 8.40. The predicted octanol–water partition coefficient (Wildman–Crippen LogP) is 1.95. The second-order valence-corrected chi connectivity index (χ2v) is 4.89. The zero-order valence-electron chi connectivity index (χ0n) is 10.9. The lowest BCUT2D eigenvalue weighted by molar-refractivity contribution is 0.229. The van der Waals surface area contributed by atoms with Gasteiger partial charge in [-0.3, -0.25) is 4.90 Å². The van der Waals surface area contributed by atoms with Gasteiger partial charge in [-0.05, 0) is 32.9 Å². The molecule has 0 amide bonds. The molecule has 1 atom stereocenters. The van der Waals surface area contributed by atoms with Crippen LogP contribution in [0.5, 0.6) is 0 Å². The van der Waals surface area contributed by atoms with Crippen molar-refractivity contribution in [2.45, 2.75) is 45.7 Å². The summed E-state index contributed by atoms with van der Waals surface area (Å²) in [6, 6.07) is 0.624. The van der Waals surface area contributed by atoms with Crippen molar-refractivity contribution in [1.82, 2.24) is 15.2 Å². The number of oxazole rings is 1. The van der Waals surface area contributed by atoms with E-state index in [-0.39, 0.29) is 0 Å². The first-order valence-electron chi connectivity index (χ1n) is 6.65. The first kappa shape index (κ1) is 12.6. The van der Waals surface area contributed by atoms with Gasteiger partial charge in [-0.2, -0.15) is 0 Å². The normalized spacial score (nSPS) is 22.6. The quantitative estimate of drug-likeness (QED) is 0.869. The molecule has 0 saturated carbocycles. The van der Waals surface area contributed by atoms with Crippen LogP contribution in [0.15, 0.2) is 10.6 Å². The molecule has 1 aromatic rings. The lowest BCUT2D eigenvalue weighted by atomic mass is 10.1. The molecule has 0 radical (unpaired) electrons. The average molecular weight is 237 g/mol. The Balaban J connectivity index is 1.90. The van der Waals surface area contributed by atoms with Gasteiger partial charge in [0, 0.05) is 12.6 Å². The molecule has 0 aromatic carbocycles. The summed E-state index contributed by atoms with van der Waals surface area (Å²) < 4.78 is 5.55. The number of aromatic nitrogens is 1. The van der Waals surface area contributed by atoms with E-state index in [1.54, 1.807) is 6.20 Å². The first-order chi connectivity index (χ1) is 8.28. The van der Waals surface area contributed by atoms with E-state index in [0.29, 0.717) is 6.04 Å². The van der Waals surface area contributed by atoms with Crippen molar-refractivity contribution in [3.8, 4) is 0 Å². The Kier molecular flexibility index (Phi) is 4.57. The summed E-state index contributed by atoms with van der Waals surface area (Å²) in [6.07, 6.45) is 5.50. The number of hydrogen-bond donors (Lipinski definition) is 1. The first-order valence-corrected chi connectivity index (χ1v) is 6.65. The number of nitrogens with zero attached hydrogens (tertiary/aromatic N) is 2. The fourth-order valence-electron chi connectivity index (χ4n) is 2.43. The van der Waals surface area contributed by atoms with Crippen molar-refractivity contribution >= 4 is 0 Å². The minimum absolute atomic E-state index is 0.624. The Morgan fingerprint density at radius 3 is 3.18 bits per heavy atom. The largest absolute Gasteiger partial charge is 0.445 e. The van der Waals surface area contributed by atoms with Crippen LogP contribution in [0.3, 0.4) is 0 Å². The van der Waals surface area contributed by atoms with Crippen molar-refractivity contribution in [2.24, 2.45) is 0 Å². The SMILES string of the molecule is CCCC1CN(Cc2ncc(C)o2)CCCN1. The van der Waals surface area contributed by atoms with E-state index < -0.39 is 0 Å². The van der Waals surface area contributed by atoms with Gasteiger partial charge in [-0.25, -0.2) is 4.98 Å². The van der Waals surface area contributed by atoms with Crippen LogP contribution in [0.2, 0.25) is 0 Å². The molecule has 1 aliphatic heterocycles. The van der Waals surface area contributed by atoms with E-state index in [9.17, 15) is 0 Å². The third kappa shape index (κ3) is 3.82. The summed E-state index contributed by atoms with van der Waals surface area (Å²) in [5.41, 5.74) is 0. The van der Waals surface area contributed by atoms with E-state index >= 15 is 0 Å². The lowest BCUT2D eigenvalue weighted by Crippen LogP contribution is -2.37. The maximum atomic E-state index is 5.55. The molecule has 0 aliphatic carbocycles. The summed E-state index contributed by atoms with van der Waals surface area (Å²) in [5, 5.41) is 3.61. The Morgan fingerprint density at radius 2 is 2.47 bits per heavy atom. The Hall–Kier alpha value is -0.870. The van der Waals surface area contributed by atoms with Gasteiger partial charge in [0.2, 0.25) is 5.89 Å². The molecule has 1 aromatic heterocycles. The highest BCUT2D eigenvalue weighted by Gasteiger charge is 2.18. The monoisotopic (exact) mass is 237 g/mol. The molecule has 0 bridgehead atoms. The zero-order valence-corrected chi connectivity index (χ0v) is 10.9. The number of aryl methyl sites for hydroxylation is 1. The van der Waals surface area contributed by atoms with Gasteiger partial charge in [-0.1, -0.05) is 13.3 Å². The molecule has 96 valence electrons. The maximum Gasteiger partial charge on any atom is 0.208 e. The van der Waals surface area contributed by atoms with Crippen molar-refractivity contribution in [1.29, 1.82) is 0 Å². The van der Waals surface area contributed by atoms with E-state index in [1.165, 1.54) is 19.3 Å². The highest BCUT2D eigenvalue weighted by Crippen LogP contribution is 2.10. The van der Waals surface area contributed by atoms with Crippen molar-refractivity contribution in [3.63, 3.8) is 0 Å².